The third-order valence-corrected chi connectivity index (χ3v) is 6.81. The molecule has 7 heteroatoms. The van der Waals surface area contributed by atoms with Crippen LogP contribution in [0.5, 0.6) is 5.75 Å². The zero-order valence-corrected chi connectivity index (χ0v) is 19.4. The Labute approximate surface area is 202 Å². The lowest BCUT2D eigenvalue weighted by Gasteiger charge is -2.35. The Bertz CT molecular complexity index is 1460. The van der Waals surface area contributed by atoms with Gasteiger partial charge in [0.15, 0.2) is 0 Å². The van der Waals surface area contributed by atoms with Gasteiger partial charge < -0.3 is 24.7 Å². The van der Waals surface area contributed by atoms with Gasteiger partial charge in [0, 0.05) is 59.9 Å². The number of hydrogen-bond donors (Lipinski definition) is 3. The molecular weight excluding hydrogens is 440 g/mol. The van der Waals surface area contributed by atoms with E-state index in [0.29, 0.717) is 25.3 Å². The molecule has 2 aromatic heterocycles. The fourth-order valence-corrected chi connectivity index (χ4v) is 5.02. The molecule has 0 radical (unpaired) electrons. The number of nitrogens with zero attached hydrogens (tertiary/aromatic N) is 2. The molecule has 1 unspecified atom stereocenters. The van der Waals surface area contributed by atoms with Crippen molar-refractivity contribution in [2.75, 3.05) is 39.3 Å². The summed E-state index contributed by atoms with van der Waals surface area (Å²) in [6.45, 7) is 3.44. The molecule has 7 nitrogen and oxygen atoms in total. The van der Waals surface area contributed by atoms with Gasteiger partial charge in [-0.15, -0.1) is 0 Å². The molecule has 0 aliphatic carbocycles. The van der Waals surface area contributed by atoms with E-state index in [4.69, 9.17) is 4.74 Å². The second kappa shape index (κ2) is 9.09. The predicted molar refractivity (Wildman–Crippen MR) is 138 cm³/mol. The Balaban J connectivity index is 1.04. The van der Waals surface area contributed by atoms with Crippen molar-refractivity contribution in [1.29, 1.82) is 0 Å². The molecule has 0 spiro atoms. The van der Waals surface area contributed by atoms with E-state index in [1.54, 1.807) is 0 Å². The molecule has 6 rings (SSSR count). The van der Waals surface area contributed by atoms with E-state index in [1.807, 2.05) is 65.6 Å². The maximum atomic E-state index is 12.9. The minimum Gasteiger partial charge on any atom is -0.490 e. The molecule has 1 atom stereocenters. The monoisotopic (exact) mass is 468 g/mol. The van der Waals surface area contributed by atoms with Crippen LogP contribution in [-0.4, -0.2) is 76.2 Å². The first kappa shape index (κ1) is 21.7. The summed E-state index contributed by atoms with van der Waals surface area (Å²) in [5.41, 5.74) is 3.69. The number of β-amino-alcohol motifs (C(OH)–C–C–N with tert-alkyl or cyclic N) is 1. The van der Waals surface area contributed by atoms with Gasteiger partial charge in [-0.25, -0.2) is 0 Å². The van der Waals surface area contributed by atoms with E-state index < -0.39 is 6.10 Å². The van der Waals surface area contributed by atoms with Gasteiger partial charge in [-0.05, 0) is 30.3 Å². The number of H-pyrrole nitrogens is 2. The number of aromatic amines is 2. The number of aliphatic hydroxyl groups is 1. The van der Waals surface area contributed by atoms with Crippen LogP contribution >= 0.6 is 0 Å². The van der Waals surface area contributed by atoms with E-state index in [9.17, 15) is 9.90 Å². The van der Waals surface area contributed by atoms with Crippen LogP contribution < -0.4 is 4.74 Å². The van der Waals surface area contributed by atoms with Crippen LogP contribution in [0.4, 0.5) is 0 Å². The predicted octanol–water partition coefficient (Wildman–Crippen LogP) is 4.00. The lowest BCUT2D eigenvalue weighted by Crippen LogP contribution is -2.51. The summed E-state index contributed by atoms with van der Waals surface area (Å²) >= 11 is 0. The lowest BCUT2D eigenvalue weighted by atomic mass is 10.1. The minimum absolute atomic E-state index is 0.0246. The van der Waals surface area contributed by atoms with E-state index in [1.165, 1.54) is 0 Å². The normalized spacial score (nSPS) is 15.7. The maximum absolute atomic E-state index is 12.9. The van der Waals surface area contributed by atoms with Crippen LogP contribution in [-0.2, 0) is 0 Å². The molecule has 5 aromatic rings. The minimum atomic E-state index is -0.619. The van der Waals surface area contributed by atoms with Crippen LogP contribution in [0.3, 0.4) is 0 Å². The van der Waals surface area contributed by atoms with Crippen molar-refractivity contribution in [1.82, 2.24) is 19.8 Å². The smallest absolute Gasteiger partial charge is 0.270 e. The number of rotatable bonds is 6. The molecule has 1 saturated heterocycles. The zero-order chi connectivity index (χ0) is 23.8. The average molecular weight is 469 g/mol. The van der Waals surface area contributed by atoms with Gasteiger partial charge in [-0.2, -0.15) is 0 Å². The van der Waals surface area contributed by atoms with E-state index in [0.717, 1.165) is 51.5 Å². The van der Waals surface area contributed by atoms with Gasteiger partial charge in [0.1, 0.15) is 24.2 Å². The van der Waals surface area contributed by atoms with Crippen molar-refractivity contribution in [3.63, 3.8) is 0 Å². The number of ether oxygens (including phenoxy) is 1. The van der Waals surface area contributed by atoms with Gasteiger partial charge in [0.2, 0.25) is 0 Å². The molecule has 35 heavy (non-hydrogen) atoms. The highest BCUT2D eigenvalue weighted by atomic mass is 16.5. The number of hydrogen-bond acceptors (Lipinski definition) is 4. The number of fused-ring (bicyclic) bond motifs is 4. The molecule has 3 aromatic carbocycles. The molecule has 1 aliphatic rings. The average Bonchev–Trinajstić information content (AvgIpc) is 3.49. The third-order valence-electron chi connectivity index (χ3n) is 6.81. The van der Waals surface area contributed by atoms with Crippen molar-refractivity contribution in [3.05, 3.63) is 78.5 Å². The fraction of sp³-hybridized carbons (Fsp3) is 0.250. The summed E-state index contributed by atoms with van der Waals surface area (Å²) in [5, 5.41) is 13.9. The van der Waals surface area contributed by atoms with Gasteiger partial charge in [0.25, 0.3) is 5.91 Å². The topological polar surface area (TPSA) is 84.6 Å². The summed E-state index contributed by atoms with van der Waals surface area (Å²) in [4.78, 5) is 23.7. The fourth-order valence-electron chi connectivity index (χ4n) is 5.02. The van der Waals surface area contributed by atoms with Crippen LogP contribution in [0.15, 0.2) is 72.8 Å². The molecule has 1 amide bonds. The summed E-state index contributed by atoms with van der Waals surface area (Å²) in [7, 11) is 0. The van der Waals surface area contributed by atoms with Crippen LogP contribution in [0, 0.1) is 0 Å². The number of nitrogens with one attached hydrogen (secondary N) is 2. The van der Waals surface area contributed by atoms with Crippen molar-refractivity contribution in [3.8, 4) is 5.75 Å². The number of carbonyl (C=O) groups is 1. The van der Waals surface area contributed by atoms with E-state index in [2.05, 4.69) is 27.0 Å². The summed E-state index contributed by atoms with van der Waals surface area (Å²) in [6.07, 6.45) is -0.619. The van der Waals surface area contributed by atoms with Gasteiger partial charge in [-0.1, -0.05) is 42.5 Å². The Morgan fingerprint density at radius 1 is 0.886 bits per heavy atom. The van der Waals surface area contributed by atoms with Crippen molar-refractivity contribution in [2.45, 2.75) is 6.10 Å². The molecule has 3 N–H and O–H groups in total. The van der Waals surface area contributed by atoms with Gasteiger partial charge >= 0.3 is 0 Å². The number of para-hydroxylation sites is 2. The van der Waals surface area contributed by atoms with Gasteiger partial charge in [-0.3, -0.25) is 9.69 Å². The second-order valence-electron chi connectivity index (χ2n) is 9.18. The Morgan fingerprint density at radius 3 is 2.46 bits per heavy atom. The summed E-state index contributed by atoms with van der Waals surface area (Å²) in [5.74, 6) is 0.796. The first-order valence-corrected chi connectivity index (χ1v) is 12.1. The largest absolute Gasteiger partial charge is 0.490 e. The summed E-state index contributed by atoms with van der Waals surface area (Å²) < 4.78 is 6.07. The van der Waals surface area contributed by atoms with Crippen molar-refractivity contribution >= 4 is 38.6 Å². The third kappa shape index (κ3) is 4.24. The molecular formula is C28H28N4O3. The van der Waals surface area contributed by atoms with Gasteiger partial charge in [0.05, 0.1) is 5.52 Å². The standard InChI is InChI=1S/C28H28N4O3/c33-20(18-35-26-11-5-10-24-27(26)21-7-2-4-9-23(21)30-24)17-31-12-14-32(15-13-31)28(34)25-16-19-6-1-3-8-22(19)29-25/h1-11,16,20,29-30,33H,12-15,17-18H2. The van der Waals surface area contributed by atoms with Crippen molar-refractivity contribution in [2.24, 2.45) is 0 Å². The highest BCUT2D eigenvalue weighted by Crippen LogP contribution is 2.33. The Morgan fingerprint density at radius 2 is 1.63 bits per heavy atom. The molecule has 0 saturated carbocycles. The van der Waals surface area contributed by atoms with E-state index >= 15 is 0 Å². The quantitative estimate of drug-likeness (QED) is 0.352. The maximum Gasteiger partial charge on any atom is 0.270 e. The molecule has 3 heterocycles. The number of piperazine rings is 1. The first-order valence-electron chi connectivity index (χ1n) is 12.1. The molecule has 178 valence electrons. The first-order chi connectivity index (χ1) is 17.2. The zero-order valence-electron chi connectivity index (χ0n) is 19.4. The Kier molecular flexibility index (Phi) is 5.64. The molecule has 1 fully saturated rings. The Hall–Kier alpha value is -3.81. The number of benzene rings is 3. The number of aromatic nitrogens is 2. The van der Waals surface area contributed by atoms with Crippen LogP contribution in [0.1, 0.15) is 10.5 Å². The van der Waals surface area contributed by atoms with E-state index in [-0.39, 0.29) is 12.5 Å². The second-order valence-corrected chi connectivity index (χ2v) is 9.18. The lowest BCUT2D eigenvalue weighted by molar-refractivity contribution is 0.0404. The van der Waals surface area contributed by atoms with Crippen molar-refractivity contribution < 1.29 is 14.6 Å². The molecule has 0 bridgehead atoms. The van der Waals surface area contributed by atoms with Crippen LogP contribution in [0.2, 0.25) is 0 Å². The molecule has 1 aliphatic heterocycles. The number of amides is 1. The highest BCUT2D eigenvalue weighted by molar-refractivity contribution is 6.10. The SMILES string of the molecule is O=C(c1cc2ccccc2[nH]1)N1CCN(CC(O)COc2cccc3[nH]c4ccccc4c23)CC1. The number of aliphatic hydroxyl groups excluding tert-OH is 1. The summed E-state index contributed by atoms with van der Waals surface area (Å²) in [6, 6.07) is 23.9. The van der Waals surface area contributed by atoms with Crippen LogP contribution in [0.25, 0.3) is 32.7 Å². The number of carbonyl (C=O) groups excluding carboxylic acids is 1. The highest BCUT2D eigenvalue weighted by Gasteiger charge is 2.24.